The van der Waals surface area contributed by atoms with Crippen LogP contribution in [0, 0.1) is 23.0 Å². The summed E-state index contributed by atoms with van der Waals surface area (Å²) in [6.45, 7) is 4.33. The van der Waals surface area contributed by atoms with Crippen LogP contribution in [-0.2, 0) is 11.3 Å². The topological polar surface area (TPSA) is 61.1 Å². The number of nitrogens with zero attached hydrogens (tertiary/aromatic N) is 4. The van der Waals surface area contributed by atoms with Crippen LogP contribution >= 0.6 is 0 Å². The highest BCUT2D eigenvalue weighted by Gasteiger charge is 2.38. The number of hydrogen-bond donors (Lipinski definition) is 0. The zero-order chi connectivity index (χ0) is 24.4. The van der Waals surface area contributed by atoms with Crippen molar-refractivity contribution < 1.29 is 18.3 Å². The molecule has 0 aromatic heterocycles. The minimum atomic E-state index is -1.01. The third kappa shape index (κ3) is 4.72. The summed E-state index contributed by atoms with van der Waals surface area (Å²) in [5, 5.41) is 9.59. The van der Waals surface area contributed by atoms with Gasteiger partial charge in [0, 0.05) is 31.3 Å². The molecule has 0 bridgehead atoms. The molecule has 180 valence electrons. The average molecular weight is 477 g/mol. The van der Waals surface area contributed by atoms with Crippen molar-refractivity contribution in [2.75, 3.05) is 13.1 Å². The highest BCUT2D eigenvalue weighted by Crippen LogP contribution is 2.36. The van der Waals surface area contributed by atoms with Gasteiger partial charge in [0.15, 0.2) is 11.6 Å². The maximum Gasteiger partial charge on any atom is 0.219 e. The smallest absolute Gasteiger partial charge is 0.219 e. The van der Waals surface area contributed by atoms with Gasteiger partial charge in [0.05, 0.1) is 5.56 Å². The second kappa shape index (κ2) is 9.79. The van der Waals surface area contributed by atoms with Gasteiger partial charge in [0.25, 0.3) is 0 Å². The second-order valence-corrected chi connectivity index (χ2v) is 8.79. The van der Waals surface area contributed by atoms with Crippen LogP contribution in [0.5, 0.6) is 11.5 Å². The molecule has 2 saturated heterocycles. The molecular weight excluding hydrogens is 450 g/mol. The van der Waals surface area contributed by atoms with E-state index >= 15 is 0 Å². The van der Waals surface area contributed by atoms with E-state index in [1.54, 1.807) is 18.2 Å². The van der Waals surface area contributed by atoms with E-state index in [4.69, 9.17) is 14.5 Å². The van der Waals surface area contributed by atoms with Gasteiger partial charge in [-0.25, -0.2) is 8.78 Å². The number of allylic oxidation sites excluding steroid dienone is 1. The van der Waals surface area contributed by atoms with Crippen molar-refractivity contribution in [1.29, 1.82) is 5.26 Å². The molecule has 6 nitrogen and oxygen atoms in total. The third-order valence-corrected chi connectivity index (χ3v) is 6.40. The molecule has 8 heteroatoms. The van der Waals surface area contributed by atoms with Crippen molar-refractivity contribution in [1.82, 2.24) is 9.80 Å². The van der Waals surface area contributed by atoms with Crippen LogP contribution < -0.4 is 4.74 Å². The Morgan fingerprint density at radius 1 is 1.17 bits per heavy atom. The fourth-order valence-corrected chi connectivity index (χ4v) is 4.72. The molecule has 0 aliphatic carbocycles. The van der Waals surface area contributed by atoms with Crippen LogP contribution in [0.15, 0.2) is 65.2 Å². The number of hydrogen-bond acceptors (Lipinski definition) is 6. The molecule has 0 amide bonds. The van der Waals surface area contributed by atoms with E-state index in [0.29, 0.717) is 11.9 Å². The largest absolute Gasteiger partial charge is 0.473 e. The van der Waals surface area contributed by atoms with Crippen molar-refractivity contribution >= 4 is 5.90 Å². The number of piperidine rings is 1. The molecule has 0 saturated carbocycles. The van der Waals surface area contributed by atoms with Crippen LogP contribution in [0.4, 0.5) is 8.78 Å². The van der Waals surface area contributed by atoms with Crippen LogP contribution in [0.3, 0.4) is 0 Å². The van der Waals surface area contributed by atoms with Gasteiger partial charge >= 0.3 is 0 Å². The minimum absolute atomic E-state index is 0.111. The zero-order valence-corrected chi connectivity index (χ0v) is 19.5. The lowest BCUT2D eigenvalue weighted by atomic mass is 10.0. The Labute approximate surface area is 203 Å². The lowest BCUT2D eigenvalue weighted by Gasteiger charge is -2.32. The Balaban J connectivity index is 1.32. The molecule has 3 aliphatic rings. The predicted molar refractivity (Wildman–Crippen MR) is 127 cm³/mol. The number of nitriles is 1. The van der Waals surface area contributed by atoms with E-state index in [1.165, 1.54) is 25.3 Å². The van der Waals surface area contributed by atoms with E-state index in [0.717, 1.165) is 48.8 Å². The maximum absolute atomic E-state index is 13.5. The molecule has 0 radical (unpaired) electrons. The summed E-state index contributed by atoms with van der Waals surface area (Å²) >= 11 is 0. The Kier molecular flexibility index (Phi) is 6.41. The number of aliphatic imine (C=N–C) groups is 1. The molecule has 1 atom stereocenters. The van der Waals surface area contributed by atoms with Crippen molar-refractivity contribution in [3.8, 4) is 17.6 Å². The lowest BCUT2D eigenvalue weighted by Crippen LogP contribution is -2.34. The van der Waals surface area contributed by atoms with Gasteiger partial charge in [-0.2, -0.15) is 10.3 Å². The quantitative estimate of drug-likeness (QED) is 0.544. The Morgan fingerprint density at radius 3 is 2.86 bits per heavy atom. The lowest BCUT2D eigenvalue weighted by molar-refractivity contribution is 0.234. The molecule has 3 heterocycles. The molecule has 0 spiro atoms. The van der Waals surface area contributed by atoms with E-state index in [9.17, 15) is 14.0 Å². The fraction of sp³-hybridized carbons (Fsp3) is 0.333. The standard InChI is InChI=1S/C27H26F2N4O2/c1-2-5-25-31-26(14-27-32-11-4-3-6-20(32)16-33(25)27)34-17-18-7-10-24(19(12-18)15-30)35-21-8-9-22(28)23(29)13-21/h5,7-10,12-14,20H,2-4,6,11,16-17H2,1H3/b25-5-. The first-order valence-corrected chi connectivity index (χ1v) is 11.9. The molecule has 1 unspecified atom stereocenters. The van der Waals surface area contributed by atoms with Crippen LogP contribution in [0.1, 0.15) is 43.7 Å². The molecule has 0 N–H and O–H groups in total. The maximum atomic E-state index is 13.5. The van der Waals surface area contributed by atoms with Crippen LogP contribution in [0.2, 0.25) is 0 Å². The minimum Gasteiger partial charge on any atom is -0.473 e. The van der Waals surface area contributed by atoms with Crippen LogP contribution in [-0.4, -0.2) is 34.8 Å². The molecule has 5 rings (SSSR count). The summed E-state index contributed by atoms with van der Waals surface area (Å²) in [5.41, 5.74) is 1.04. The summed E-state index contributed by atoms with van der Waals surface area (Å²) in [6, 6.07) is 10.9. The number of fused-ring (bicyclic) bond motifs is 3. The molecular formula is C27H26F2N4O2. The zero-order valence-electron chi connectivity index (χ0n) is 19.5. The Hall–Kier alpha value is -3.86. The van der Waals surface area contributed by atoms with E-state index < -0.39 is 11.6 Å². The molecule has 3 aliphatic heterocycles. The van der Waals surface area contributed by atoms with Gasteiger partial charge in [-0.1, -0.05) is 13.0 Å². The average Bonchev–Trinajstić information content (AvgIpc) is 3.25. The summed E-state index contributed by atoms with van der Waals surface area (Å²) in [6.07, 6.45) is 8.65. The second-order valence-electron chi connectivity index (χ2n) is 8.79. The first kappa shape index (κ1) is 22.9. The number of ether oxygens (including phenoxy) is 2. The monoisotopic (exact) mass is 476 g/mol. The highest BCUT2D eigenvalue weighted by molar-refractivity contribution is 5.90. The van der Waals surface area contributed by atoms with Crippen molar-refractivity contribution in [3.63, 3.8) is 0 Å². The number of benzene rings is 2. The molecule has 35 heavy (non-hydrogen) atoms. The SMILES string of the molecule is CC/C=C1/N=C(OCc2ccc(Oc3ccc(F)c(F)c3)c(C#N)c2)C=C2N1CC1CCCCN21. The van der Waals surface area contributed by atoms with Crippen molar-refractivity contribution in [3.05, 3.63) is 83.0 Å². The third-order valence-electron chi connectivity index (χ3n) is 6.40. The predicted octanol–water partition coefficient (Wildman–Crippen LogP) is 5.82. The number of rotatable bonds is 5. The van der Waals surface area contributed by atoms with E-state index in [2.05, 4.69) is 28.9 Å². The van der Waals surface area contributed by atoms with E-state index in [1.807, 2.05) is 6.08 Å². The summed E-state index contributed by atoms with van der Waals surface area (Å²) in [4.78, 5) is 9.48. The summed E-state index contributed by atoms with van der Waals surface area (Å²) < 4.78 is 38.3. The van der Waals surface area contributed by atoms with Gasteiger partial charge in [0.1, 0.15) is 35.8 Å². The Morgan fingerprint density at radius 2 is 2.06 bits per heavy atom. The van der Waals surface area contributed by atoms with Crippen molar-refractivity contribution in [2.24, 2.45) is 4.99 Å². The number of halogens is 2. The van der Waals surface area contributed by atoms with Gasteiger partial charge < -0.3 is 19.3 Å². The molecule has 2 aromatic carbocycles. The highest BCUT2D eigenvalue weighted by atomic mass is 19.2. The summed E-state index contributed by atoms with van der Waals surface area (Å²) in [5.74, 6) is 1.00. The molecule has 2 fully saturated rings. The Bertz CT molecular complexity index is 1260. The normalized spacial score (nSPS) is 20.1. The van der Waals surface area contributed by atoms with Gasteiger partial charge in [-0.05, 0) is 61.6 Å². The summed E-state index contributed by atoms with van der Waals surface area (Å²) in [7, 11) is 0. The first-order valence-electron chi connectivity index (χ1n) is 11.9. The van der Waals surface area contributed by atoms with Gasteiger partial charge in [0.2, 0.25) is 5.90 Å². The van der Waals surface area contributed by atoms with Crippen molar-refractivity contribution in [2.45, 2.75) is 45.3 Å². The fourth-order valence-electron chi connectivity index (χ4n) is 4.72. The molecule has 2 aromatic rings. The first-order chi connectivity index (χ1) is 17.1. The van der Waals surface area contributed by atoms with Crippen LogP contribution in [0.25, 0.3) is 0 Å². The van der Waals surface area contributed by atoms with Gasteiger partial charge in [-0.15, -0.1) is 0 Å². The van der Waals surface area contributed by atoms with E-state index in [-0.39, 0.29) is 23.7 Å². The van der Waals surface area contributed by atoms with Gasteiger partial charge in [-0.3, -0.25) is 0 Å².